The summed E-state index contributed by atoms with van der Waals surface area (Å²) >= 11 is 0. The molecule has 0 saturated heterocycles. The standard InChI is InChI=1S/C32H25B5O/c33-28-27(29(34)31(36)32(37)30(28)35)26-20-10-3-1-8-18(20)25(19-9-2-4-11-21(19)26)16-13-14-24-22(15-16)17-7-5-6-12-23(17)38-24/h1-15H,33-37H2. The summed E-state index contributed by atoms with van der Waals surface area (Å²) in [5, 5.41) is 7.48. The largest absolute Gasteiger partial charge is 0.456 e. The minimum atomic E-state index is 0.928. The monoisotopic (exact) mass is 480 g/mol. The van der Waals surface area contributed by atoms with Crippen LogP contribution in [0.15, 0.2) is 95.4 Å². The van der Waals surface area contributed by atoms with Gasteiger partial charge in [-0.1, -0.05) is 83.7 Å². The first-order chi connectivity index (χ1) is 18.5. The van der Waals surface area contributed by atoms with Crippen molar-refractivity contribution in [1.82, 2.24) is 0 Å². The van der Waals surface area contributed by atoms with Crippen LogP contribution in [0, 0.1) is 0 Å². The molecule has 0 aliphatic rings. The Bertz CT molecular complexity index is 2000. The minimum Gasteiger partial charge on any atom is -0.456 e. The zero-order valence-corrected chi connectivity index (χ0v) is 22.6. The Labute approximate surface area is 227 Å². The molecule has 0 atom stereocenters. The van der Waals surface area contributed by atoms with Crippen LogP contribution < -0.4 is 27.3 Å². The van der Waals surface area contributed by atoms with E-state index in [4.69, 9.17) is 4.42 Å². The summed E-state index contributed by atoms with van der Waals surface area (Å²) in [6, 6.07) is 32.8. The molecule has 1 heterocycles. The van der Waals surface area contributed by atoms with Crippen LogP contribution in [0.5, 0.6) is 0 Å². The van der Waals surface area contributed by atoms with E-state index in [1.165, 1.54) is 71.1 Å². The molecule has 0 saturated carbocycles. The van der Waals surface area contributed by atoms with Crippen molar-refractivity contribution in [2.75, 3.05) is 0 Å². The minimum absolute atomic E-state index is 0.928. The lowest BCUT2D eigenvalue weighted by Gasteiger charge is -2.24. The van der Waals surface area contributed by atoms with Crippen LogP contribution in [-0.4, -0.2) is 39.2 Å². The van der Waals surface area contributed by atoms with Gasteiger partial charge in [0.25, 0.3) is 0 Å². The van der Waals surface area contributed by atoms with Crippen molar-refractivity contribution < 1.29 is 4.42 Å². The van der Waals surface area contributed by atoms with Gasteiger partial charge < -0.3 is 4.42 Å². The molecule has 0 bridgehead atoms. The highest BCUT2D eigenvalue weighted by atomic mass is 16.3. The normalized spacial score (nSPS) is 11.7. The van der Waals surface area contributed by atoms with Crippen LogP contribution >= 0.6 is 0 Å². The summed E-state index contributed by atoms with van der Waals surface area (Å²) in [4.78, 5) is 0. The van der Waals surface area contributed by atoms with Gasteiger partial charge in [0, 0.05) is 10.8 Å². The van der Waals surface area contributed by atoms with Crippen LogP contribution in [0.1, 0.15) is 0 Å². The Morgan fingerprint density at radius 2 is 0.816 bits per heavy atom. The smallest absolute Gasteiger partial charge is 0.139 e. The Morgan fingerprint density at radius 1 is 0.368 bits per heavy atom. The molecule has 0 unspecified atom stereocenters. The average Bonchev–Trinajstić information content (AvgIpc) is 3.33. The van der Waals surface area contributed by atoms with E-state index in [2.05, 4.69) is 118 Å². The Hall–Kier alpha value is -4.04. The van der Waals surface area contributed by atoms with Gasteiger partial charge in [-0.3, -0.25) is 0 Å². The summed E-state index contributed by atoms with van der Waals surface area (Å²) < 4.78 is 6.15. The van der Waals surface area contributed by atoms with Gasteiger partial charge in [-0.05, 0) is 62.0 Å². The zero-order valence-electron chi connectivity index (χ0n) is 22.6. The van der Waals surface area contributed by atoms with Gasteiger partial charge in [0.1, 0.15) is 50.4 Å². The molecule has 0 N–H and O–H groups in total. The van der Waals surface area contributed by atoms with E-state index in [0.29, 0.717) is 0 Å². The highest BCUT2D eigenvalue weighted by molar-refractivity contribution is 6.69. The number of para-hydroxylation sites is 1. The Kier molecular flexibility index (Phi) is 5.17. The van der Waals surface area contributed by atoms with Crippen molar-refractivity contribution in [1.29, 1.82) is 0 Å². The second-order valence-electron chi connectivity index (χ2n) is 10.7. The van der Waals surface area contributed by atoms with E-state index >= 15 is 0 Å². The van der Waals surface area contributed by atoms with Gasteiger partial charge in [-0.25, -0.2) is 0 Å². The molecule has 174 valence electrons. The molecule has 1 aromatic heterocycles. The average molecular weight is 480 g/mol. The summed E-state index contributed by atoms with van der Waals surface area (Å²) in [5.41, 5.74) is 14.0. The van der Waals surface area contributed by atoms with Crippen LogP contribution in [-0.2, 0) is 0 Å². The summed E-state index contributed by atoms with van der Waals surface area (Å²) in [7, 11) is 11.4. The molecule has 0 fully saturated rings. The molecule has 0 aliphatic carbocycles. The highest BCUT2D eigenvalue weighted by Gasteiger charge is 2.21. The lowest BCUT2D eigenvalue weighted by Crippen LogP contribution is -2.55. The first-order valence-electron chi connectivity index (χ1n) is 13.4. The molecular weight excluding hydrogens is 454 g/mol. The second-order valence-corrected chi connectivity index (χ2v) is 10.7. The fourth-order valence-corrected chi connectivity index (χ4v) is 6.47. The summed E-state index contributed by atoms with van der Waals surface area (Å²) in [6.07, 6.45) is 0. The van der Waals surface area contributed by atoms with E-state index in [-0.39, 0.29) is 0 Å². The Balaban J connectivity index is 1.64. The maximum atomic E-state index is 6.15. The molecular formula is C32H25B5O. The number of benzene rings is 6. The molecule has 0 spiro atoms. The third kappa shape index (κ3) is 3.19. The molecule has 1 nitrogen and oxygen atoms in total. The van der Waals surface area contributed by atoms with E-state index in [0.717, 1.165) is 21.9 Å². The van der Waals surface area contributed by atoms with E-state index in [1.807, 2.05) is 12.1 Å². The first kappa shape index (κ1) is 23.1. The van der Waals surface area contributed by atoms with Crippen molar-refractivity contribution in [2.45, 2.75) is 0 Å². The quantitative estimate of drug-likeness (QED) is 0.260. The first-order valence-corrected chi connectivity index (χ1v) is 13.4. The lowest BCUT2D eigenvalue weighted by molar-refractivity contribution is 0.669. The molecule has 6 aromatic carbocycles. The highest BCUT2D eigenvalue weighted by Crippen LogP contribution is 2.43. The fraction of sp³-hybridized carbons (Fsp3) is 0. The van der Waals surface area contributed by atoms with Gasteiger partial charge in [0.15, 0.2) is 0 Å². The van der Waals surface area contributed by atoms with Crippen molar-refractivity contribution in [3.63, 3.8) is 0 Å². The van der Waals surface area contributed by atoms with Gasteiger partial charge in [0.05, 0.1) is 0 Å². The molecule has 38 heavy (non-hydrogen) atoms. The van der Waals surface area contributed by atoms with Gasteiger partial charge in [-0.15, -0.1) is 16.4 Å². The molecule has 6 heteroatoms. The van der Waals surface area contributed by atoms with Gasteiger partial charge in [0.2, 0.25) is 0 Å². The van der Waals surface area contributed by atoms with Crippen LogP contribution in [0.25, 0.3) is 65.7 Å². The number of rotatable bonds is 2. The van der Waals surface area contributed by atoms with Gasteiger partial charge >= 0.3 is 0 Å². The molecule has 0 radical (unpaired) electrons. The SMILES string of the molecule is Bc1c(B)c(B)c(-c2c3ccccc3c(-c3ccc4oc5ccccc5c4c3)c3ccccc23)c(B)c1B. The van der Waals surface area contributed by atoms with E-state index < -0.39 is 0 Å². The van der Waals surface area contributed by atoms with Crippen LogP contribution in [0.2, 0.25) is 0 Å². The molecule has 0 aliphatic heterocycles. The lowest BCUT2D eigenvalue weighted by atomic mass is 9.59. The van der Waals surface area contributed by atoms with Crippen molar-refractivity contribution in [3.05, 3.63) is 91.0 Å². The number of hydrogen-bond donors (Lipinski definition) is 0. The third-order valence-electron chi connectivity index (χ3n) is 8.85. The number of fused-ring (bicyclic) bond motifs is 5. The maximum Gasteiger partial charge on any atom is 0.139 e. The molecule has 7 rings (SSSR count). The molecule has 0 amide bonds. The van der Waals surface area contributed by atoms with Crippen LogP contribution in [0.4, 0.5) is 0 Å². The van der Waals surface area contributed by atoms with Gasteiger partial charge in [-0.2, -0.15) is 0 Å². The number of furan rings is 1. The van der Waals surface area contributed by atoms with Crippen LogP contribution in [0.3, 0.4) is 0 Å². The topological polar surface area (TPSA) is 13.1 Å². The van der Waals surface area contributed by atoms with Crippen molar-refractivity contribution >= 4 is 110 Å². The summed E-state index contributed by atoms with van der Waals surface area (Å²) in [6.45, 7) is 0. The van der Waals surface area contributed by atoms with Crippen molar-refractivity contribution in [2.24, 2.45) is 0 Å². The summed E-state index contributed by atoms with van der Waals surface area (Å²) in [5.74, 6) is 0. The number of hydrogen-bond acceptors (Lipinski definition) is 1. The predicted molar refractivity (Wildman–Crippen MR) is 180 cm³/mol. The fourth-order valence-electron chi connectivity index (χ4n) is 6.47. The Morgan fingerprint density at radius 3 is 1.39 bits per heavy atom. The zero-order chi connectivity index (χ0) is 26.1. The van der Waals surface area contributed by atoms with E-state index in [1.54, 1.807) is 0 Å². The van der Waals surface area contributed by atoms with Crippen molar-refractivity contribution in [3.8, 4) is 22.3 Å². The third-order valence-corrected chi connectivity index (χ3v) is 8.85. The maximum absolute atomic E-state index is 6.15. The predicted octanol–water partition coefficient (Wildman–Crippen LogP) is 0.518. The van der Waals surface area contributed by atoms with E-state index in [9.17, 15) is 0 Å². The second kappa shape index (κ2) is 8.50. The molecule has 7 aromatic rings.